The highest BCUT2D eigenvalue weighted by atomic mass is 79.9. The fourth-order valence-electron chi connectivity index (χ4n) is 1.36. The molecular formula is C11H5Br2Cl2FS. The van der Waals surface area contributed by atoms with E-state index in [1.165, 1.54) is 17.4 Å². The Hall–Kier alpha value is 0.390. The lowest BCUT2D eigenvalue weighted by Crippen LogP contribution is -1.93. The maximum Gasteiger partial charge on any atom is 0.137 e. The molecule has 1 heterocycles. The van der Waals surface area contributed by atoms with E-state index in [-0.39, 0.29) is 5.82 Å². The van der Waals surface area contributed by atoms with Gasteiger partial charge in [-0.05, 0) is 49.6 Å². The first-order valence-electron chi connectivity index (χ1n) is 4.53. The van der Waals surface area contributed by atoms with Crippen LogP contribution in [0.1, 0.15) is 15.8 Å². The molecule has 0 bridgehead atoms. The van der Waals surface area contributed by atoms with Gasteiger partial charge in [0.15, 0.2) is 0 Å². The molecule has 0 saturated carbocycles. The Morgan fingerprint density at radius 2 is 2.00 bits per heavy atom. The van der Waals surface area contributed by atoms with Crippen LogP contribution in [0.25, 0.3) is 0 Å². The summed E-state index contributed by atoms with van der Waals surface area (Å²) < 4.78 is 15.2. The SMILES string of the molecule is Fc1cccc(C(Cl)c2cc(Br)c(Cl)s2)c1Br. The summed E-state index contributed by atoms with van der Waals surface area (Å²) in [4.78, 5) is 0.870. The van der Waals surface area contributed by atoms with Gasteiger partial charge in [0.25, 0.3) is 0 Å². The Kier molecular flexibility index (Phi) is 4.53. The van der Waals surface area contributed by atoms with E-state index in [0.29, 0.717) is 14.4 Å². The predicted octanol–water partition coefficient (Wildman–Crippen LogP) is 6.39. The van der Waals surface area contributed by atoms with Crippen LogP contribution in [0.5, 0.6) is 0 Å². The van der Waals surface area contributed by atoms with Gasteiger partial charge in [0.1, 0.15) is 10.2 Å². The van der Waals surface area contributed by atoms with E-state index in [0.717, 1.165) is 9.35 Å². The van der Waals surface area contributed by atoms with E-state index in [2.05, 4.69) is 31.9 Å². The van der Waals surface area contributed by atoms with E-state index in [1.807, 2.05) is 6.07 Å². The second-order valence-electron chi connectivity index (χ2n) is 3.28. The quantitative estimate of drug-likeness (QED) is 0.495. The molecule has 0 N–H and O–H groups in total. The van der Waals surface area contributed by atoms with Crippen LogP contribution in [-0.2, 0) is 0 Å². The van der Waals surface area contributed by atoms with Crippen LogP contribution in [0.15, 0.2) is 33.2 Å². The van der Waals surface area contributed by atoms with Crippen LogP contribution in [-0.4, -0.2) is 0 Å². The Morgan fingerprint density at radius 3 is 2.59 bits per heavy atom. The van der Waals surface area contributed by atoms with Crippen molar-refractivity contribution < 1.29 is 4.39 Å². The molecule has 6 heteroatoms. The van der Waals surface area contributed by atoms with Gasteiger partial charge < -0.3 is 0 Å². The zero-order valence-corrected chi connectivity index (χ0v) is 13.7. The van der Waals surface area contributed by atoms with Crippen molar-refractivity contribution in [3.63, 3.8) is 0 Å². The van der Waals surface area contributed by atoms with Crippen LogP contribution in [0.3, 0.4) is 0 Å². The zero-order chi connectivity index (χ0) is 12.6. The van der Waals surface area contributed by atoms with Crippen molar-refractivity contribution >= 4 is 66.4 Å². The Bertz CT molecular complexity index is 537. The first kappa shape index (κ1) is 13.8. The molecule has 0 aliphatic heterocycles. The van der Waals surface area contributed by atoms with Gasteiger partial charge in [-0.15, -0.1) is 22.9 Å². The average molecular weight is 419 g/mol. The summed E-state index contributed by atoms with van der Waals surface area (Å²) in [5.74, 6) is -0.324. The van der Waals surface area contributed by atoms with Gasteiger partial charge in [0.2, 0.25) is 0 Å². The highest BCUT2D eigenvalue weighted by Gasteiger charge is 2.19. The second-order valence-corrected chi connectivity index (χ2v) is 7.05. The molecule has 0 amide bonds. The normalized spacial score (nSPS) is 12.8. The van der Waals surface area contributed by atoms with Crippen molar-refractivity contribution in [1.29, 1.82) is 0 Å². The second kappa shape index (κ2) is 5.57. The summed E-state index contributed by atoms with van der Waals surface area (Å²) in [6.45, 7) is 0. The number of thiophene rings is 1. The first-order valence-corrected chi connectivity index (χ1v) is 7.75. The van der Waals surface area contributed by atoms with Crippen LogP contribution in [0.2, 0.25) is 4.34 Å². The third kappa shape index (κ3) is 2.87. The largest absolute Gasteiger partial charge is 0.206 e. The van der Waals surface area contributed by atoms with Gasteiger partial charge in [-0.1, -0.05) is 23.7 Å². The summed E-state index contributed by atoms with van der Waals surface area (Å²) in [7, 11) is 0. The number of hydrogen-bond donors (Lipinski definition) is 0. The van der Waals surface area contributed by atoms with Crippen molar-refractivity contribution in [3.05, 3.63) is 53.8 Å². The van der Waals surface area contributed by atoms with E-state index < -0.39 is 5.38 Å². The molecule has 0 nitrogen and oxygen atoms in total. The summed E-state index contributed by atoms with van der Waals surface area (Å²) in [5.41, 5.74) is 0.692. The lowest BCUT2D eigenvalue weighted by atomic mass is 10.1. The lowest BCUT2D eigenvalue weighted by Gasteiger charge is -2.10. The molecule has 0 spiro atoms. The molecular weight excluding hydrogens is 414 g/mol. The predicted molar refractivity (Wildman–Crippen MR) is 78.8 cm³/mol. The fourth-order valence-corrected chi connectivity index (χ4v) is 4.09. The Morgan fingerprint density at radius 1 is 1.29 bits per heavy atom. The highest BCUT2D eigenvalue weighted by molar-refractivity contribution is 9.10. The molecule has 1 aromatic carbocycles. The molecule has 2 aromatic rings. The van der Waals surface area contributed by atoms with Gasteiger partial charge in [-0.3, -0.25) is 0 Å². The molecule has 0 saturated heterocycles. The van der Waals surface area contributed by atoms with E-state index in [9.17, 15) is 4.39 Å². The molecule has 0 aliphatic rings. The molecule has 1 atom stereocenters. The van der Waals surface area contributed by atoms with Crippen molar-refractivity contribution in [2.75, 3.05) is 0 Å². The van der Waals surface area contributed by atoms with E-state index >= 15 is 0 Å². The summed E-state index contributed by atoms with van der Waals surface area (Å²) in [5, 5.41) is -0.422. The van der Waals surface area contributed by atoms with Crippen molar-refractivity contribution in [3.8, 4) is 0 Å². The minimum atomic E-state index is -0.422. The van der Waals surface area contributed by atoms with Crippen LogP contribution in [0.4, 0.5) is 4.39 Å². The third-order valence-corrected chi connectivity index (χ3v) is 6.14. The standard InChI is InChI=1S/C11H5Br2Cl2FS/c12-6-4-8(17-11(6)15)10(14)5-2-1-3-7(16)9(5)13/h1-4,10H. The summed E-state index contributed by atoms with van der Waals surface area (Å²) in [6.07, 6.45) is 0. The molecule has 2 rings (SSSR count). The number of benzene rings is 1. The van der Waals surface area contributed by atoms with Crippen molar-refractivity contribution in [2.24, 2.45) is 0 Å². The van der Waals surface area contributed by atoms with Crippen molar-refractivity contribution in [1.82, 2.24) is 0 Å². The maximum absolute atomic E-state index is 13.4. The molecule has 0 fully saturated rings. The van der Waals surface area contributed by atoms with Crippen LogP contribution >= 0.6 is 66.4 Å². The average Bonchev–Trinajstić information content (AvgIpc) is 2.62. The van der Waals surface area contributed by atoms with Crippen molar-refractivity contribution in [2.45, 2.75) is 5.38 Å². The number of alkyl halides is 1. The van der Waals surface area contributed by atoms with Gasteiger partial charge in [-0.2, -0.15) is 0 Å². The smallest absolute Gasteiger partial charge is 0.137 e. The molecule has 0 aliphatic carbocycles. The molecule has 1 aromatic heterocycles. The molecule has 90 valence electrons. The Balaban J connectivity index is 2.43. The zero-order valence-electron chi connectivity index (χ0n) is 8.18. The summed E-state index contributed by atoms with van der Waals surface area (Å²) >= 11 is 20.2. The third-order valence-electron chi connectivity index (χ3n) is 2.17. The minimum Gasteiger partial charge on any atom is -0.206 e. The number of rotatable bonds is 2. The topological polar surface area (TPSA) is 0 Å². The van der Waals surface area contributed by atoms with Crippen LogP contribution in [0, 0.1) is 5.82 Å². The van der Waals surface area contributed by atoms with E-state index in [1.54, 1.807) is 12.1 Å². The molecule has 1 unspecified atom stereocenters. The maximum atomic E-state index is 13.4. The van der Waals surface area contributed by atoms with Crippen LogP contribution < -0.4 is 0 Å². The highest BCUT2D eigenvalue weighted by Crippen LogP contribution is 2.42. The van der Waals surface area contributed by atoms with E-state index in [4.69, 9.17) is 23.2 Å². The lowest BCUT2D eigenvalue weighted by molar-refractivity contribution is 0.618. The molecule has 17 heavy (non-hydrogen) atoms. The fraction of sp³-hybridized carbons (Fsp3) is 0.0909. The Labute approximate surface area is 129 Å². The number of halogens is 5. The van der Waals surface area contributed by atoms with Gasteiger partial charge in [0, 0.05) is 9.35 Å². The minimum absolute atomic E-state index is 0.324. The number of hydrogen-bond acceptors (Lipinski definition) is 1. The van der Waals surface area contributed by atoms with Gasteiger partial charge in [0.05, 0.1) is 9.85 Å². The van der Waals surface area contributed by atoms with Gasteiger partial charge in [-0.25, -0.2) is 4.39 Å². The molecule has 0 radical (unpaired) electrons. The summed E-state index contributed by atoms with van der Waals surface area (Å²) in [6, 6.07) is 6.65. The monoisotopic (exact) mass is 416 g/mol. The first-order chi connectivity index (χ1) is 8.00. The van der Waals surface area contributed by atoms with Gasteiger partial charge >= 0.3 is 0 Å².